The van der Waals surface area contributed by atoms with E-state index in [2.05, 4.69) is 26.0 Å². The standard InChI is InChI=1S/C14H13N3OS/c1-18-14-11(4-2-6-16-14)10-17-8-7-15-13(17)12-5-3-9-19-12/h2-9H,10H2,1H3. The molecular weight excluding hydrogens is 258 g/mol. The lowest BCUT2D eigenvalue weighted by Crippen LogP contribution is -2.03. The Labute approximate surface area is 115 Å². The van der Waals surface area contributed by atoms with E-state index in [1.54, 1.807) is 24.6 Å². The molecule has 0 bridgehead atoms. The summed E-state index contributed by atoms with van der Waals surface area (Å²) in [6, 6.07) is 8.04. The number of pyridine rings is 1. The SMILES string of the molecule is COc1ncccc1Cn1ccnc1-c1cccs1. The molecule has 0 saturated heterocycles. The molecule has 0 unspecified atom stereocenters. The summed E-state index contributed by atoms with van der Waals surface area (Å²) in [5, 5.41) is 2.05. The van der Waals surface area contributed by atoms with Crippen LogP contribution in [0.5, 0.6) is 5.88 Å². The van der Waals surface area contributed by atoms with Gasteiger partial charge >= 0.3 is 0 Å². The summed E-state index contributed by atoms with van der Waals surface area (Å²) in [4.78, 5) is 9.80. The molecule has 0 aliphatic carbocycles. The molecule has 4 nitrogen and oxygen atoms in total. The number of aromatic nitrogens is 3. The van der Waals surface area contributed by atoms with Gasteiger partial charge in [0.2, 0.25) is 5.88 Å². The Hall–Kier alpha value is -2.14. The van der Waals surface area contributed by atoms with Crippen molar-refractivity contribution in [2.45, 2.75) is 6.54 Å². The number of imidazole rings is 1. The highest BCUT2D eigenvalue weighted by molar-refractivity contribution is 7.13. The largest absolute Gasteiger partial charge is 0.481 e. The molecule has 0 aliphatic heterocycles. The highest BCUT2D eigenvalue weighted by Crippen LogP contribution is 2.24. The van der Waals surface area contributed by atoms with Crippen molar-refractivity contribution in [3.05, 3.63) is 53.8 Å². The second-order valence-electron chi connectivity index (χ2n) is 4.03. The predicted octanol–water partition coefficient (Wildman–Crippen LogP) is 3.06. The lowest BCUT2D eigenvalue weighted by atomic mass is 10.2. The second-order valence-corrected chi connectivity index (χ2v) is 4.98. The Kier molecular flexibility index (Phi) is 3.29. The third-order valence-corrected chi connectivity index (χ3v) is 3.71. The molecule has 3 aromatic heterocycles. The first kappa shape index (κ1) is 11.9. The maximum Gasteiger partial charge on any atom is 0.218 e. The summed E-state index contributed by atoms with van der Waals surface area (Å²) in [6.45, 7) is 0.699. The third-order valence-electron chi connectivity index (χ3n) is 2.84. The molecule has 0 saturated carbocycles. The Morgan fingerprint density at radius 2 is 2.16 bits per heavy atom. The summed E-state index contributed by atoms with van der Waals surface area (Å²) in [6.07, 6.45) is 5.52. The van der Waals surface area contributed by atoms with E-state index in [4.69, 9.17) is 4.74 Å². The average molecular weight is 271 g/mol. The van der Waals surface area contributed by atoms with Crippen LogP contribution < -0.4 is 4.74 Å². The molecule has 0 aliphatic rings. The normalized spacial score (nSPS) is 10.6. The summed E-state index contributed by atoms with van der Waals surface area (Å²) >= 11 is 1.69. The van der Waals surface area contributed by atoms with Gasteiger partial charge < -0.3 is 9.30 Å². The molecule has 5 heteroatoms. The van der Waals surface area contributed by atoms with Crippen LogP contribution in [-0.2, 0) is 6.54 Å². The summed E-state index contributed by atoms with van der Waals surface area (Å²) in [7, 11) is 1.64. The predicted molar refractivity (Wildman–Crippen MR) is 75.4 cm³/mol. The van der Waals surface area contributed by atoms with Crippen molar-refractivity contribution >= 4 is 11.3 Å². The van der Waals surface area contributed by atoms with Crippen molar-refractivity contribution in [1.29, 1.82) is 0 Å². The van der Waals surface area contributed by atoms with Gasteiger partial charge in [-0.3, -0.25) is 0 Å². The molecule has 3 aromatic rings. The fourth-order valence-corrected chi connectivity index (χ4v) is 2.72. The first-order valence-corrected chi connectivity index (χ1v) is 6.79. The molecule has 0 radical (unpaired) electrons. The Morgan fingerprint density at radius 1 is 1.21 bits per heavy atom. The van der Waals surface area contributed by atoms with Crippen molar-refractivity contribution in [3.63, 3.8) is 0 Å². The highest BCUT2D eigenvalue weighted by atomic mass is 32.1. The Bertz CT molecular complexity index is 661. The number of thiophene rings is 1. The molecule has 3 heterocycles. The average Bonchev–Trinajstić information content (AvgIpc) is 3.09. The summed E-state index contributed by atoms with van der Waals surface area (Å²) in [5.41, 5.74) is 1.04. The molecule has 0 aromatic carbocycles. The Balaban J connectivity index is 1.94. The number of nitrogens with zero attached hydrogens (tertiary/aromatic N) is 3. The quantitative estimate of drug-likeness (QED) is 0.732. The minimum atomic E-state index is 0.660. The van der Waals surface area contributed by atoms with Crippen LogP contribution >= 0.6 is 11.3 Å². The van der Waals surface area contributed by atoms with Crippen LogP contribution in [0.3, 0.4) is 0 Å². The Morgan fingerprint density at radius 3 is 2.95 bits per heavy atom. The fraction of sp³-hybridized carbons (Fsp3) is 0.143. The van der Waals surface area contributed by atoms with E-state index >= 15 is 0 Å². The first-order chi connectivity index (χ1) is 9.38. The molecule has 0 N–H and O–H groups in total. The monoisotopic (exact) mass is 271 g/mol. The van der Waals surface area contributed by atoms with Gasteiger partial charge in [0.15, 0.2) is 0 Å². The summed E-state index contributed by atoms with van der Waals surface area (Å²) < 4.78 is 7.38. The van der Waals surface area contributed by atoms with Gasteiger partial charge in [0.1, 0.15) is 5.82 Å². The number of methoxy groups -OCH3 is 1. The number of rotatable bonds is 4. The van der Waals surface area contributed by atoms with Crippen LogP contribution in [0.15, 0.2) is 48.2 Å². The van der Waals surface area contributed by atoms with E-state index in [0.29, 0.717) is 12.4 Å². The van der Waals surface area contributed by atoms with Gasteiger partial charge in [0.05, 0.1) is 18.5 Å². The van der Waals surface area contributed by atoms with Crippen molar-refractivity contribution in [1.82, 2.24) is 14.5 Å². The zero-order valence-electron chi connectivity index (χ0n) is 10.5. The number of hydrogen-bond donors (Lipinski definition) is 0. The van der Waals surface area contributed by atoms with E-state index in [1.807, 2.05) is 30.6 Å². The van der Waals surface area contributed by atoms with Gasteiger partial charge in [0.25, 0.3) is 0 Å². The zero-order chi connectivity index (χ0) is 13.1. The lowest BCUT2D eigenvalue weighted by molar-refractivity contribution is 0.391. The second kappa shape index (κ2) is 5.24. The number of ether oxygens (including phenoxy) is 1. The third kappa shape index (κ3) is 2.37. The van der Waals surface area contributed by atoms with Crippen molar-refractivity contribution in [2.24, 2.45) is 0 Å². The minimum absolute atomic E-state index is 0.660. The molecule has 0 amide bonds. The van der Waals surface area contributed by atoms with Crippen molar-refractivity contribution in [3.8, 4) is 16.6 Å². The van der Waals surface area contributed by atoms with E-state index < -0.39 is 0 Å². The molecule has 19 heavy (non-hydrogen) atoms. The fourth-order valence-electron chi connectivity index (χ4n) is 1.98. The van der Waals surface area contributed by atoms with E-state index in [9.17, 15) is 0 Å². The number of hydrogen-bond acceptors (Lipinski definition) is 4. The topological polar surface area (TPSA) is 39.9 Å². The molecule has 3 rings (SSSR count). The first-order valence-electron chi connectivity index (χ1n) is 5.91. The molecule has 0 atom stereocenters. The maximum absolute atomic E-state index is 5.28. The van der Waals surface area contributed by atoms with Gasteiger partial charge in [-0.25, -0.2) is 9.97 Å². The van der Waals surface area contributed by atoms with Gasteiger partial charge in [-0.2, -0.15) is 0 Å². The van der Waals surface area contributed by atoms with E-state index in [-0.39, 0.29) is 0 Å². The molecule has 96 valence electrons. The van der Waals surface area contributed by atoms with Gasteiger partial charge in [-0.15, -0.1) is 11.3 Å². The van der Waals surface area contributed by atoms with Crippen LogP contribution in [0.2, 0.25) is 0 Å². The van der Waals surface area contributed by atoms with Gasteiger partial charge in [0, 0.05) is 24.2 Å². The van der Waals surface area contributed by atoms with Crippen LogP contribution in [0.25, 0.3) is 10.7 Å². The zero-order valence-corrected chi connectivity index (χ0v) is 11.3. The minimum Gasteiger partial charge on any atom is -0.481 e. The maximum atomic E-state index is 5.28. The van der Waals surface area contributed by atoms with Crippen LogP contribution in [0.4, 0.5) is 0 Å². The summed E-state index contributed by atoms with van der Waals surface area (Å²) in [5.74, 6) is 1.63. The van der Waals surface area contributed by atoms with Crippen molar-refractivity contribution in [2.75, 3.05) is 7.11 Å². The smallest absolute Gasteiger partial charge is 0.218 e. The molecular formula is C14H13N3OS. The van der Waals surface area contributed by atoms with Gasteiger partial charge in [-0.1, -0.05) is 12.1 Å². The van der Waals surface area contributed by atoms with E-state index in [1.165, 1.54) is 0 Å². The molecule has 0 fully saturated rings. The molecule has 0 spiro atoms. The van der Waals surface area contributed by atoms with Crippen molar-refractivity contribution < 1.29 is 4.74 Å². The van der Waals surface area contributed by atoms with Gasteiger partial charge in [-0.05, 0) is 17.5 Å². The van der Waals surface area contributed by atoms with Crippen LogP contribution in [-0.4, -0.2) is 21.6 Å². The van der Waals surface area contributed by atoms with Crippen LogP contribution in [0, 0.1) is 0 Å². The van der Waals surface area contributed by atoms with E-state index in [0.717, 1.165) is 16.3 Å². The highest BCUT2D eigenvalue weighted by Gasteiger charge is 2.10. The van der Waals surface area contributed by atoms with Crippen LogP contribution in [0.1, 0.15) is 5.56 Å². The lowest BCUT2D eigenvalue weighted by Gasteiger charge is -2.09.